The molecule has 0 bridgehead atoms. The van der Waals surface area contributed by atoms with Crippen LogP contribution >= 0.6 is 11.3 Å². The number of aryl methyl sites for hydroxylation is 1. The molecule has 0 radical (unpaired) electrons. The molecule has 0 saturated carbocycles. The fraction of sp³-hybridized carbons (Fsp3) is 0.211. The summed E-state index contributed by atoms with van der Waals surface area (Å²) in [6, 6.07) is 10.8. The lowest BCUT2D eigenvalue weighted by atomic mass is 10.1. The van der Waals surface area contributed by atoms with Gasteiger partial charge in [0.2, 0.25) is 5.13 Å². The first-order valence-corrected chi connectivity index (χ1v) is 11.4. The Bertz CT molecular complexity index is 1180. The molecule has 3 aromatic rings. The minimum atomic E-state index is -3.80. The molecule has 1 aromatic heterocycles. The molecule has 2 aromatic carbocycles. The Morgan fingerprint density at radius 2 is 1.80 bits per heavy atom. The van der Waals surface area contributed by atoms with Crippen LogP contribution in [0.1, 0.15) is 22.3 Å². The molecule has 2 heterocycles. The van der Waals surface area contributed by atoms with Crippen LogP contribution in [0.25, 0.3) is 0 Å². The zero-order valence-corrected chi connectivity index (χ0v) is 17.5. The van der Waals surface area contributed by atoms with E-state index in [2.05, 4.69) is 20.2 Å². The highest BCUT2D eigenvalue weighted by atomic mass is 32.2. The molecule has 9 nitrogen and oxygen atoms in total. The molecule has 0 unspecified atom stereocenters. The summed E-state index contributed by atoms with van der Waals surface area (Å²) in [7, 11) is -3.80. The van der Waals surface area contributed by atoms with Gasteiger partial charge in [0.15, 0.2) is 11.5 Å². The van der Waals surface area contributed by atoms with Gasteiger partial charge in [0.05, 0.1) is 4.90 Å². The van der Waals surface area contributed by atoms with Gasteiger partial charge in [-0.25, -0.2) is 8.42 Å². The number of nitrogens with zero attached hydrogens (tertiary/aromatic N) is 2. The van der Waals surface area contributed by atoms with E-state index in [0.29, 0.717) is 42.4 Å². The maximum atomic E-state index is 12.5. The van der Waals surface area contributed by atoms with Crippen LogP contribution in [0, 0.1) is 0 Å². The molecule has 156 valence electrons. The Labute approximate surface area is 177 Å². The lowest BCUT2D eigenvalue weighted by Crippen LogP contribution is -2.17. The molecule has 4 rings (SSSR count). The number of aromatic nitrogens is 2. The van der Waals surface area contributed by atoms with Crippen LogP contribution < -0.4 is 19.5 Å². The van der Waals surface area contributed by atoms with Gasteiger partial charge < -0.3 is 14.8 Å². The van der Waals surface area contributed by atoms with E-state index in [1.165, 1.54) is 35.6 Å². The number of carbonyl (C=O) groups excluding carboxylic acids is 1. The summed E-state index contributed by atoms with van der Waals surface area (Å²) in [4.78, 5) is 12.6. The standard InChI is InChI=1S/C19H18N4O5S2/c1-2-17-21-22-19(29-17)23-30(25,26)14-6-4-13(5-7-14)20-18(24)12-3-8-15-16(11-12)28-10-9-27-15/h3-8,11H,2,9-10H2,1H3,(H,20,24)(H,22,23). The van der Waals surface area contributed by atoms with Crippen molar-refractivity contribution < 1.29 is 22.7 Å². The molecule has 1 amide bonds. The summed E-state index contributed by atoms with van der Waals surface area (Å²) < 4.78 is 38.4. The summed E-state index contributed by atoms with van der Waals surface area (Å²) in [6.07, 6.45) is 0.678. The summed E-state index contributed by atoms with van der Waals surface area (Å²) >= 11 is 1.18. The first kappa shape index (κ1) is 20.1. The quantitative estimate of drug-likeness (QED) is 0.597. The van der Waals surface area contributed by atoms with Crippen LogP contribution in [-0.2, 0) is 16.4 Å². The highest BCUT2D eigenvalue weighted by Crippen LogP contribution is 2.31. The molecule has 2 N–H and O–H groups in total. The predicted molar refractivity (Wildman–Crippen MR) is 112 cm³/mol. The zero-order valence-electron chi connectivity index (χ0n) is 15.9. The van der Waals surface area contributed by atoms with Gasteiger partial charge >= 0.3 is 0 Å². The molecular formula is C19H18N4O5S2. The van der Waals surface area contributed by atoms with Crippen LogP contribution in [0.15, 0.2) is 47.4 Å². The third kappa shape index (κ3) is 4.36. The number of sulfonamides is 1. The third-order valence-electron chi connectivity index (χ3n) is 4.22. The summed E-state index contributed by atoms with van der Waals surface area (Å²) in [5.41, 5.74) is 0.860. The molecule has 0 fully saturated rings. The predicted octanol–water partition coefficient (Wildman–Crippen LogP) is 2.92. The average Bonchev–Trinajstić information content (AvgIpc) is 3.20. The monoisotopic (exact) mass is 446 g/mol. The van der Waals surface area contributed by atoms with Crippen LogP contribution in [0.3, 0.4) is 0 Å². The van der Waals surface area contributed by atoms with Gasteiger partial charge in [-0.2, -0.15) is 0 Å². The van der Waals surface area contributed by atoms with E-state index in [0.717, 1.165) is 5.01 Å². The Morgan fingerprint density at radius 3 is 2.50 bits per heavy atom. The first-order chi connectivity index (χ1) is 14.4. The summed E-state index contributed by atoms with van der Waals surface area (Å²) in [6.45, 7) is 2.82. The number of benzene rings is 2. The fourth-order valence-corrected chi connectivity index (χ4v) is 4.63. The average molecular weight is 447 g/mol. The minimum Gasteiger partial charge on any atom is -0.486 e. The number of ether oxygens (including phenoxy) is 2. The van der Waals surface area contributed by atoms with Crippen molar-refractivity contribution in [3.8, 4) is 11.5 Å². The molecule has 0 atom stereocenters. The Hall–Kier alpha value is -3.18. The van der Waals surface area contributed by atoms with Crippen molar-refractivity contribution >= 4 is 38.1 Å². The number of nitrogens with one attached hydrogen (secondary N) is 2. The van der Waals surface area contributed by atoms with Crippen LogP contribution in [-0.4, -0.2) is 37.7 Å². The highest BCUT2D eigenvalue weighted by molar-refractivity contribution is 7.93. The van der Waals surface area contributed by atoms with Gasteiger partial charge in [0.1, 0.15) is 18.2 Å². The second-order valence-electron chi connectivity index (χ2n) is 6.30. The van der Waals surface area contributed by atoms with Gasteiger partial charge in [0.25, 0.3) is 15.9 Å². The largest absolute Gasteiger partial charge is 0.486 e. The van der Waals surface area contributed by atoms with Gasteiger partial charge in [-0.15, -0.1) is 10.2 Å². The zero-order chi connectivity index (χ0) is 21.1. The normalized spacial score (nSPS) is 13.0. The number of fused-ring (bicyclic) bond motifs is 1. The van der Waals surface area contributed by atoms with E-state index in [4.69, 9.17) is 9.47 Å². The fourth-order valence-electron chi connectivity index (χ4n) is 2.72. The van der Waals surface area contributed by atoms with Gasteiger partial charge in [-0.05, 0) is 48.9 Å². The van der Waals surface area contributed by atoms with E-state index >= 15 is 0 Å². The second-order valence-corrected chi connectivity index (χ2v) is 9.04. The van der Waals surface area contributed by atoms with Crippen LogP contribution in [0.4, 0.5) is 10.8 Å². The van der Waals surface area contributed by atoms with Gasteiger partial charge in [-0.1, -0.05) is 18.3 Å². The van der Waals surface area contributed by atoms with Crippen molar-refractivity contribution in [3.63, 3.8) is 0 Å². The molecule has 0 saturated heterocycles. The van der Waals surface area contributed by atoms with Crippen LogP contribution in [0.2, 0.25) is 0 Å². The number of anilines is 2. The van der Waals surface area contributed by atoms with E-state index in [-0.39, 0.29) is 15.9 Å². The van der Waals surface area contributed by atoms with E-state index in [9.17, 15) is 13.2 Å². The SMILES string of the molecule is CCc1nnc(NS(=O)(=O)c2ccc(NC(=O)c3ccc4c(c3)OCCO4)cc2)s1. The second kappa shape index (κ2) is 8.28. The Balaban J connectivity index is 1.44. The Morgan fingerprint density at radius 1 is 1.07 bits per heavy atom. The number of carbonyl (C=O) groups is 1. The molecule has 1 aliphatic heterocycles. The molecule has 1 aliphatic rings. The van der Waals surface area contributed by atoms with Crippen LogP contribution in [0.5, 0.6) is 11.5 Å². The number of hydrogen-bond acceptors (Lipinski definition) is 8. The minimum absolute atomic E-state index is 0.0491. The van der Waals surface area contributed by atoms with Gasteiger partial charge in [-0.3, -0.25) is 9.52 Å². The number of hydrogen-bond donors (Lipinski definition) is 2. The summed E-state index contributed by atoms with van der Waals surface area (Å²) in [5.74, 6) is 0.771. The van der Waals surface area contributed by atoms with Crippen molar-refractivity contribution in [3.05, 3.63) is 53.0 Å². The molecule has 0 spiro atoms. The molecule has 0 aliphatic carbocycles. The molecule has 30 heavy (non-hydrogen) atoms. The lowest BCUT2D eigenvalue weighted by Gasteiger charge is -2.18. The van der Waals surface area contributed by atoms with Gasteiger partial charge in [0, 0.05) is 11.3 Å². The van der Waals surface area contributed by atoms with Crippen molar-refractivity contribution in [1.29, 1.82) is 0 Å². The van der Waals surface area contributed by atoms with Crippen molar-refractivity contribution in [1.82, 2.24) is 10.2 Å². The maximum absolute atomic E-state index is 12.5. The highest BCUT2D eigenvalue weighted by Gasteiger charge is 2.18. The smallest absolute Gasteiger partial charge is 0.263 e. The van der Waals surface area contributed by atoms with E-state index in [1.54, 1.807) is 18.2 Å². The Kier molecular flexibility index (Phi) is 5.55. The third-order valence-corrected chi connectivity index (χ3v) is 6.68. The van der Waals surface area contributed by atoms with E-state index < -0.39 is 10.0 Å². The lowest BCUT2D eigenvalue weighted by molar-refractivity contribution is 0.102. The maximum Gasteiger partial charge on any atom is 0.263 e. The van der Waals surface area contributed by atoms with Crippen molar-refractivity contribution in [2.45, 2.75) is 18.2 Å². The topological polar surface area (TPSA) is 120 Å². The van der Waals surface area contributed by atoms with Crippen molar-refractivity contribution in [2.24, 2.45) is 0 Å². The molecule has 11 heteroatoms. The number of rotatable bonds is 6. The van der Waals surface area contributed by atoms with Crippen molar-refractivity contribution in [2.75, 3.05) is 23.3 Å². The first-order valence-electron chi connectivity index (χ1n) is 9.11. The number of amides is 1. The summed E-state index contributed by atoms with van der Waals surface area (Å²) in [5, 5.41) is 11.4. The van der Waals surface area contributed by atoms with E-state index in [1.807, 2.05) is 6.92 Å². The molecular weight excluding hydrogens is 428 g/mol.